The number of hydrogen-bond donors (Lipinski definition) is 1. The molecule has 0 saturated carbocycles. The Labute approximate surface area is 189 Å². The second-order valence-corrected chi connectivity index (χ2v) is 8.68. The van der Waals surface area contributed by atoms with Gasteiger partial charge in [0.1, 0.15) is 5.75 Å². The van der Waals surface area contributed by atoms with Crippen molar-refractivity contribution in [2.24, 2.45) is 0 Å². The molecule has 2 aromatic carbocycles. The Kier molecular flexibility index (Phi) is 7.64. The molecule has 158 valence electrons. The van der Waals surface area contributed by atoms with Crippen molar-refractivity contribution in [2.45, 2.75) is 38.5 Å². The maximum absolute atomic E-state index is 12.2. The summed E-state index contributed by atoms with van der Waals surface area (Å²) in [6.07, 6.45) is 0. The predicted molar refractivity (Wildman–Crippen MR) is 120 cm³/mol. The van der Waals surface area contributed by atoms with E-state index in [1.165, 1.54) is 0 Å². The van der Waals surface area contributed by atoms with Crippen molar-refractivity contribution in [2.75, 3.05) is 11.1 Å². The maximum Gasteiger partial charge on any atom is 0.277 e. The van der Waals surface area contributed by atoms with Crippen LogP contribution >= 0.6 is 35.0 Å². The van der Waals surface area contributed by atoms with Crippen LogP contribution in [0.3, 0.4) is 0 Å². The first-order valence-corrected chi connectivity index (χ1v) is 11.0. The van der Waals surface area contributed by atoms with E-state index in [1.807, 2.05) is 13.0 Å². The second-order valence-electron chi connectivity index (χ2n) is 6.91. The molecule has 0 fully saturated rings. The number of carbonyl (C=O) groups is 1. The van der Waals surface area contributed by atoms with Crippen molar-refractivity contribution in [3.8, 4) is 5.75 Å². The summed E-state index contributed by atoms with van der Waals surface area (Å²) in [7, 11) is 0. The van der Waals surface area contributed by atoms with Gasteiger partial charge in [-0.3, -0.25) is 4.79 Å². The van der Waals surface area contributed by atoms with E-state index in [9.17, 15) is 4.79 Å². The Morgan fingerprint density at radius 2 is 2.00 bits per heavy atom. The van der Waals surface area contributed by atoms with Crippen molar-refractivity contribution in [1.29, 1.82) is 0 Å². The minimum atomic E-state index is -0.262. The van der Waals surface area contributed by atoms with Gasteiger partial charge in [0.15, 0.2) is 6.61 Å². The highest BCUT2D eigenvalue weighted by Crippen LogP contribution is 2.29. The lowest BCUT2D eigenvalue weighted by atomic mass is 10.0. The average Bonchev–Trinajstić information content (AvgIpc) is 3.15. The molecular formula is C21H21Cl2N3O3S. The summed E-state index contributed by atoms with van der Waals surface area (Å²) in [6.45, 7) is 6.39. The molecule has 0 unspecified atom stereocenters. The molecule has 1 N–H and O–H groups in total. The van der Waals surface area contributed by atoms with Gasteiger partial charge in [-0.25, -0.2) is 0 Å². The number of aryl methyl sites for hydroxylation is 1. The lowest BCUT2D eigenvalue weighted by Gasteiger charge is -2.13. The molecule has 30 heavy (non-hydrogen) atoms. The third-order valence-corrected chi connectivity index (χ3v) is 5.50. The Hall–Kier alpha value is -2.22. The van der Waals surface area contributed by atoms with Crippen LogP contribution in [0.2, 0.25) is 10.0 Å². The van der Waals surface area contributed by atoms with Gasteiger partial charge in [0.25, 0.3) is 11.1 Å². The smallest absolute Gasteiger partial charge is 0.277 e. The highest BCUT2D eigenvalue weighted by atomic mass is 35.5. The molecule has 0 radical (unpaired) electrons. The topological polar surface area (TPSA) is 77.2 Å². The van der Waals surface area contributed by atoms with Gasteiger partial charge >= 0.3 is 0 Å². The molecule has 0 saturated heterocycles. The number of nitrogens with zero attached hydrogens (tertiary/aromatic N) is 2. The third kappa shape index (κ3) is 6.14. The monoisotopic (exact) mass is 465 g/mol. The predicted octanol–water partition coefficient (Wildman–Crippen LogP) is 6.12. The van der Waals surface area contributed by atoms with E-state index in [1.54, 1.807) is 18.2 Å². The first-order valence-electron chi connectivity index (χ1n) is 9.25. The van der Waals surface area contributed by atoms with Crippen LogP contribution in [0.1, 0.15) is 36.8 Å². The molecule has 0 aliphatic rings. The van der Waals surface area contributed by atoms with E-state index >= 15 is 0 Å². The zero-order valence-electron chi connectivity index (χ0n) is 16.7. The Balaban J connectivity index is 1.54. The van der Waals surface area contributed by atoms with Gasteiger partial charge in [0, 0.05) is 5.02 Å². The van der Waals surface area contributed by atoms with Crippen LogP contribution in [0.25, 0.3) is 0 Å². The highest BCUT2D eigenvalue weighted by molar-refractivity contribution is 7.99. The molecule has 0 spiro atoms. The van der Waals surface area contributed by atoms with Gasteiger partial charge < -0.3 is 14.5 Å². The SMILES string of the molecule is Cc1ccc(C(C)C)c(OCc2nnc(SCC(=O)Nc3cc(Cl)ccc3Cl)o2)c1. The minimum absolute atomic E-state index is 0.0840. The molecule has 0 bridgehead atoms. The van der Waals surface area contributed by atoms with E-state index in [0.717, 1.165) is 28.6 Å². The summed E-state index contributed by atoms with van der Waals surface area (Å²) >= 11 is 13.1. The van der Waals surface area contributed by atoms with Crippen LogP contribution in [0, 0.1) is 6.92 Å². The molecular weight excluding hydrogens is 445 g/mol. The summed E-state index contributed by atoms with van der Waals surface area (Å²) in [5.74, 6) is 1.30. The molecule has 6 nitrogen and oxygen atoms in total. The molecule has 0 aliphatic heterocycles. The Morgan fingerprint density at radius 3 is 2.77 bits per heavy atom. The molecule has 0 aliphatic carbocycles. The van der Waals surface area contributed by atoms with Crippen LogP contribution in [-0.4, -0.2) is 21.9 Å². The Morgan fingerprint density at radius 1 is 1.20 bits per heavy atom. The third-order valence-electron chi connectivity index (χ3n) is 4.12. The van der Waals surface area contributed by atoms with Gasteiger partial charge in [0.05, 0.1) is 16.5 Å². The lowest BCUT2D eigenvalue weighted by molar-refractivity contribution is -0.113. The highest BCUT2D eigenvalue weighted by Gasteiger charge is 2.13. The first-order chi connectivity index (χ1) is 14.3. The summed E-state index contributed by atoms with van der Waals surface area (Å²) < 4.78 is 11.5. The molecule has 3 aromatic rings. The van der Waals surface area contributed by atoms with E-state index < -0.39 is 0 Å². The fraction of sp³-hybridized carbons (Fsp3) is 0.286. The summed E-state index contributed by atoms with van der Waals surface area (Å²) in [5, 5.41) is 11.8. The number of hydrogen-bond acceptors (Lipinski definition) is 6. The standard InChI is InChI=1S/C21H21Cl2N3O3S/c1-12(2)15-6-4-13(3)8-18(15)28-10-20-25-26-21(29-20)30-11-19(27)24-17-9-14(22)5-7-16(17)23/h4-9,12H,10-11H2,1-3H3,(H,24,27). The quantitative estimate of drug-likeness (QED) is 0.403. The van der Waals surface area contributed by atoms with Crippen LogP contribution < -0.4 is 10.1 Å². The fourth-order valence-electron chi connectivity index (χ4n) is 2.64. The van der Waals surface area contributed by atoms with Crippen molar-refractivity contribution in [3.05, 3.63) is 63.5 Å². The number of ether oxygens (including phenoxy) is 1. The van der Waals surface area contributed by atoms with Crippen LogP contribution in [0.4, 0.5) is 5.69 Å². The molecule has 9 heteroatoms. The molecule has 0 atom stereocenters. The molecule has 1 heterocycles. The average molecular weight is 466 g/mol. The van der Waals surface area contributed by atoms with Crippen LogP contribution in [0.15, 0.2) is 46.0 Å². The Bertz CT molecular complexity index is 1040. The number of amides is 1. The zero-order valence-corrected chi connectivity index (χ0v) is 19.1. The number of nitrogens with one attached hydrogen (secondary N) is 1. The molecule has 1 amide bonds. The van der Waals surface area contributed by atoms with Gasteiger partial charge in [0.2, 0.25) is 5.91 Å². The maximum atomic E-state index is 12.2. The van der Waals surface area contributed by atoms with Crippen molar-refractivity contribution in [1.82, 2.24) is 10.2 Å². The number of carbonyl (C=O) groups excluding carboxylic acids is 1. The van der Waals surface area contributed by atoms with E-state index in [0.29, 0.717) is 27.5 Å². The summed E-state index contributed by atoms with van der Waals surface area (Å²) in [4.78, 5) is 12.2. The van der Waals surface area contributed by atoms with Crippen molar-refractivity contribution in [3.63, 3.8) is 0 Å². The largest absolute Gasteiger partial charge is 0.484 e. The van der Waals surface area contributed by atoms with Gasteiger partial charge in [-0.15, -0.1) is 10.2 Å². The number of rotatable bonds is 8. The normalized spacial score (nSPS) is 11.0. The van der Waals surface area contributed by atoms with E-state index in [2.05, 4.69) is 41.5 Å². The van der Waals surface area contributed by atoms with Gasteiger partial charge in [-0.1, -0.05) is 60.9 Å². The number of halogens is 2. The van der Waals surface area contributed by atoms with Gasteiger partial charge in [-0.05, 0) is 48.2 Å². The summed E-state index contributed by atoms with van der Waals surface area (Å²) in [6, 6.07) is 11.0. The lowest BCUT2D eigenvalue weighted by Crippen LogP contribution is -2.14. The minimum Gasteiger partial charge on any atom is -0.484 e. The first kappa shape index (κ1) is 22.5. The van der Waals surface area contributed by atoms with Crippen LogP contribution in [-0.2, 0) is 11.4 Å². The molecule has 3 rings (SSSR count). The fourth-order valence-corrected chi connectivity index (χ4v) is 3.56. The number of anilines is 1. The summed E-state index contributed by atoms with van der Waals surface area (Å²) in [5.41, 5.74) is 2.68. The van der Waals surface area contributed by atoms with Crippen molar-refractivity contribution < 1.29 is 13.9 Å². The number of thioether (sulfide) groups is 1. The molecule has 1 aromatic heterocycles. The second kappa shape index (κ2) is 10.2. The van der Waals surface area contributed by atoms with Gasteiger partial charge in [-0.2, -0.15) is 0 Å². The van der Waals surface area contributed by atoms with Crippen LogP contribution in [0.5, 0.6) is 5.75 Å². The zero-order chi connectivity index (χ0) is 21.7. The van der Waals surface area contributed by atoms with Crippen molar-refractivity contribution >= 4 is 46.6 Å². The van der Waals surface area contributed by atoms with E-state index in [4.69, 9.17) is 32.4 Å². The number of aromatic nitrogens is 2. The van der Waals surface area contributed by atoms with E-state index in [-0.39, 0.29) is 23.5 Å². The number of benzene rings is 2.